The van der Waals surface area contributed by atoms with Crippen LogP contribution >= 0.6 is 12.6 Å². The van der Waals surface area contributed by atoms with E-state index in [2.05, 4.69) is 23.3 Å². The van der Waals surface area contributed by atoms with Gasteiger partial charge in [0.25, 0.3) is 5.91 Å². The molecule has 1 aliphatic heterocycles. The highest BCUT2D eigenvalue weighted by atomic mass is 32.1. The number of hydrogen-bond donors (Lipinski definition) is 3. The number of amides is 3. The summed E-state index contributed by atoms with van der Waals surface area (Å²) in [5.41, 5.74) is 0. The Morgan fingerprint density at radius 3 is 2.18 bits per heavy atom. The second-order valence-electron chi connectivity index (χ2n) is 3.05. The van der Waals surface area contributed by atoms with Crippen LogP contribution in [0.15, 0.2) is 0 Å². The molecule has 1 aliphatic rings. The van der Waals surface area contributed by atoms with Gasteiger partial charge in [0.2, 0.25) is 0 Å². The summed E-state index contributed by atoms with van der Waals surface area (Å²) in [6.45, 7) is 3.54. The molecule has 1 heterocycles. The Hall–Kier alpha value is -0.710. The molecule has 1 fully saturated rings. The average Bonchev–Trinajstić information content (AvgIpc) is 2.08. The van der Waals surface area contributed by atoms with Gasteiger partial charge < -0.3 is 5.32 Å². The van der Waals surface area contributed by atoms with Crippen molar-refractivity contribution >= 4 is 24.6 Å². The molecule has 0 unspecified atom stereocenters. The minimum Gasteiger partial charge on any atom is -0.325 e. The van der Waals surface area contributed by atoms with E-state index in [9.17, 15) is 9.59 Å². The highest BCUT2D eigenvalue weighted by molar-refractivity contribution is 7.81. The maximum atomic E-state index is 11.0. The maximum Gasteiger partial charge on any atom is 0.322 e. The second kappa shape index (κ2) is 2.41. The number of thiol groups is 1. The smallest absolute Gasteiger partial charge is 0.322 e. The number of rotatable bonds is 1. The molecule has 0 radical (unpaired) electrons. The summed E-state index contributed by atoms with van der Waals surface area (Å²) >= 11 is 4.17. The average molecular weight is 174 g/mol. The first-order chi connectivity index (χ1) is 4.91. The first kappa shape index (κ1) is 8.39. The monoisotopic (exact) mass is 174 g/mol. The number of hydrogen-bond acceptors (Lipinski definition) is 3. The predicted octanol–water partition coefficient (Wildman–Crippen LogP) is -0.0972. The number of imide groups is 1. The van der Waals surface area contributed by atoms with E-state index in [-0.39, 0.29) is 5.91 Å². The first-order valence-electron chi connectivity index (χ1n) is 3.25. The lowest BCUT2D eigenvalue weighted by Crippen LogP contribution is -2.44. The molecule has 62 valence electrons. The van der Waals surface area contributed by atoms with Crippen LogP contribution in [0.2, 0.25) is 0 Å². The van der Waals surface area contributed by atoms with Gasteiger partial charge in [0, 0.05) is 4.75 Å². The summed E-state index contributed by atoms with van der Waals surface area (Å²) in [4.78, 5) is 21.6. The lowest BCUT2D eigenvalue weighted by atomic mass is 10.0. The van der Waals surface area contributed by atoms with Crippen molar-refractivity contribution in [2.75, 3.05) is 0 Å². The molecule has 0 saturated carbocycles. The third-order valence-electron chi connectivity index (χ3n) is 1.48. The molecular weight excluding hydrogens is 164 g/mol. The van der Waals surface area contributed by atoms with Gasteiger partial charge in [0.05, 0.1) is 0 Å². The third-order valence-corrected chi connectivity index (χ3v) is 1.74. The van der Waals surface area contributed by atoms with Crippen molar-refractivity contribution in [2.24, 2.45) is 0 Å². The van der Waals surface area contributed by atoms with Crippen LogP contribution in [0.3, 0.4) is 0 Å². The summed E-state index contributed by atoms with van der Waals surface area (Å²) in [5.74, 6) is -0.310. The fourth-order valence-corrected chi connectivity index (χ4v) is 1.10. The van der Waals surface area contributed by atoms with Crippen LogP contribution in [0.4, 0.5) is 4.79 Å². The molecule has 0 spiro atoms. The van der Waals surface area contributed by atoms with Gasteiger partial charge in [-0.3, -0.25) is 10.1 Å². The number of carbonyl (C=O) groups is 2. The Labute approximate surface area is 70.1 Å². The van der Waals surface area contributed by atoms with Crippen LogP contribution in [-0.4, -0.2) is 22.7 Å². The molecule has 4 nitrogen and oxygen atoms in total. The quantitative estimate of drug-likeness (QED) is 0.384. The summed E-state index contributed by atoms with van der Waals surface area (Å²) in [6, 6.07) is -0.972. The molecule has 1 atom stereocenters. The van der Waals surface area contributed by atoms with Crippen molar-refractivity contribution in [2.45, 2.75) is 24.6 Å². The Kier molecular flexibility index (Phi) is 1.83. The molecule has 0 aromatic rings. The first-order valence-corrected chi connectivity index (χ1v) is 3.70. The van der Waals surface area contributed by atoms with Crippen molar-refractivity contribution < 1.29 is 9.59 Å². The largest absolute Gasteiger partial charge is 0.325 e. The number of nitrogens with one attached hydrogen (secondary N) is 2. The fourth-order valence-electron chi connectivity index (χ4n) is 0.914. The number of carbonyl (C=O) groups excluding carboxylic acids is 2. The van der Waals surface area contributed by atoms with Crippen LogP contribution in [-0.2, 0) is 4.79 Å². The van der Waals surface area contributed by atoms with E-state index >= 15 is 0 Å². The fraction of sp³-hybridized carbons (Fsp3) is 0.667. The molecule has 0 bridgehead atoms. The molecule has 0 aliphatic carbocycles. The Morgan fingerprint density at radius 2 is 2.00 bits per heavy atom. The van der Waals surface area contributed by atoms with E-state index in [0.717, 1.165) is 0 Å². The van der Waals surface area contributed by atoms with E-state index in [1.165, 1.54) is 0 Å². The van der Waals surface area contributed by atoms with Crippen molar-refractivity contribution in [1.82, 2.24) is 10.6 Å². The van der Waals surface area contributed by atoms with E-state index in [1.807, 2.05) is 0 Å². The van der Waals surface area contributed by atoms with Crippen LogP contribution in [0, 0.1) is 0 Å². The van der Waals surface area contributed by atoms with Gasteiger partial charge in [-0.15, -0.1) is 0 Å². The molecular formula is C6H10N2O2S. The zero-order chi connectivity index (χ0) is 8.65. The van der Waals surface area contributed by atoms with Crippen LogP contribution in [0.1, 0.15) is 13.8 Å². The van der Waals surface area contributed by atoms with Gasteiger partial charge >= 0.3 is 6.03 Å². The van der Waals surface area contributed by atoms with Crippen LogP contribution in [0.25, 0.3) is 0 Å². The van der Waals surface area contributed by atoms with E-state index in [1.54, 1.807) is 13.8 Å². The molecule has 3 amide bonds. The van der Waals surface area contributed by atoms with Crippen molar-refractivity contribution in [3.63, 3.8) is 0 Å². The predicted molar refractivity (Wildman–Crippen MR) is 43.5 cm³/mol. The molecule has 11 heavy (non-hydrogen) atoms. The van der Waals surface area contributed by atoms with Crippen molar-refractivity contribution in [3.05, 3.63) is 0 Å². The van der Waals surface area contributed by atoms with Gasteiger partial charge in [0.1, 0.15) is 6.04 Å². The van der Waals surface area contributed by atoms with Crippen LogP contribution < -0.4 is 10.6 Å². The Bertz CT molecular complexity index is 209. The molecule has 1 saturated heterocycles. The van der Waals surface area contributed by atoms with Gasteiger partial charge in [-0.1, -0.05) is 0 Å². The van der Waals surface area contributed by atoms with Crippen LogP contribution in [0.5, 0.6) is 0 Å². The standard InChI is InChI=1S/C6H10N2O2S/c1-6(2,11)3-4(9)8-5(10)7-3/h3,11H,1-2H3,(H2,7,8,9,10)/t3-/m0/s1. The summed E-state index contributed by atoms with van der Waals surface area (Å²) in [6.07, 6.45) is 0. The van der Waals surface area contributed by atoms with E-state index in [0.29, 0.717) is 0 Å². The van der Waals surface area contributed by atoms with Crippen molar-refractivity contribution in [1.29, 1.82) is 0 Å². The highest BCUT2D eigenvalue weighted by Crippen LogP contribution is 2.19. The SMILES string of the molecule is CC(C)(S)[C@H]1NC(=O)NC1=O. The lowest BCUT2D eigenvalue weighted by Gasteiger charge is -2.22. The highest BCUT2D eigenvalue weighted by Gasteiger charge is 2.39. The minimum atomic E-state index is -0.529. The van der Waals surface area contributed by atoms with E-state index < -0.39 is 16.8 Å². The second-order valence-corrected chi connectivity index (χ2v) is 4.20. The van der Waals surface area contributed by atoms with Gasteiger partial charge in [-0.2, -0.15) is 12.6 Å². The number of urea groups is 1. The van der Waals surface area contributed by atoms with Gasteiger partial charge in [-0.25, -0.2) is 4.79 Å². The lowest BCUT2D eigenvalue weighted by molar-refractivity contribution is -0.120. The van der Waals surface area contributed by atoms with Gasteiger partial charge in [-0.05, 0) is 13.8 Å². The molecule has 1 rings (SSSR count). The van der Waals surface area contributed by atoms with Crippen molar-refractivity contribution in [3.8, 4) is 0 Å². The zero-order valence-corrected chi connectivity index (χ0v) is 7.24. The Balaban J connectivity index is 2.76. The zero-order valence-electron chi connectivity index (χ0n) is 6.34. The third kappa shape index (κ3) is 1.65. The molecule has 0 aromatic carbocycles. The summed E-state index contributed by atoms with van der Waals surface area (Å²) < 4.78 is -0.518. The van der Waals surface area contributed by atoms with Gasteiger partial charge in [0.15, 0.2) is 0 Å². The minimum absolute atomic E-state index is 0.310. The summed E-state index contributed by atoms with van der Waals surface area (Å²) in [7, 11) is 0. The topological polar surface area (TPSA) is 58.2 Å². The summed E-state index contributed by atoms with van der Waals surface area (Å²) in [5, 5.41) is 4.60. The normalized spacial score (nSPS) is 24.8. The Morgan fingerprint density at radius 1 is 1.45 bits per heavy atom. The maximum absolute atomic E-state index is 11.0. The molecule has 0 aromatic heterocycles. The molecule has 2 N–H and O–H groups in total. The molecule has 5 heteroatoms. The van der Waals surface area contributed by atoms with E-state index in [4.69, 9.17) is 0 Å².